The van der Waals surface area contributed by atoms with Gasteiger partial charge in [0.2, 0.25) is 0 Å². The molecule has 68 valence electrons. The molecule has 0 saturated carbocycles. The molecule has 3 nitrogen and oxygen atoms in total. The summed E-state index contributed by atoms with van der Waals surface area (Å²) in [6.07, 6.45) is -4.33. The number of hydroxylamine groups is 2. The summed E-state index contributed by atoms with van der Waals surface area (Å²) >= 11 is 0. The van der Waals surface area contributed by atoms with Crippen LogP contribution in [-0.4, -0.2) is 38.0 Å². The highest BCUT2D eigenvalue weighted by Gasteiger charge is 2.41. The monoisotopic (exact) mass is 172 g/mol. The van der Waals surface area contributed by atoms with Crippen molar-refractivity contribution < 1.29 is 18.0 Å². The van der Waals surface area contributed by atoms with Gasteiger partial charge in [0.15, 0.2) is 0 Å². The van der Waals surface area contributed by atoms with Gasteiger partial charge in [0.25, 0.3) is 0 Å². The minimum absolute atomic E-state index is 0.506. The Balaban J connectivity index is 4.16. The number of nitrogens with two attached hydrogens (primary N) is 1. The Labute approximate surface area is 62.9 Å². The van der Waals surface area contributed by atoms with Crippen molar-refractivity contribution >= 4 is 0 Å². The zero-order chi connectivity index (χ0) is 9.07. The number of halogens is 3. The fraction of sp³-hybridized carbons (Fsp3) is 1.00. The number of hydrogen-bond donors (Lipinski definition) is 1. The van der Waals surface area contributed by atoms with Crippen LogP contribution < -0.4 is 5.73 Å². The minimum atomic E-state index is -4.33. The van der Waals surface area contributed by atoms with Crippen molar-refractivity contribution in [1.82, 2.24) is 5.06 Å². The molecular weight excluding hydrogens is 161 g/mol. The molecular formula is C5H11F3N2O. The van der Waals surface area contributed by atoms with E-state index in [-0.39, 0.29) is 0 Å². The van der Waals surface area contributed by atoms with Crippen LogP contribution in [0.4, 0.5) is 13.2 Å². The van der Waals surface area contributed by atoms with Gasteiger partial charge in [-0.3, -0.25) is 0 Å². The summed E-state index contributed by atoms with van der Waals surface area (Å²) in [7, 11) is 2.35. The van der Waals surface area contributed by atoms with Crippen LogP contribution in [0.5, 0.6) is 0 Å². The third kappa shape index (κ3) is 3.04. The third-order valence-electron chi connectivity index (χ3n) is 1.33. The SMILES string of the molecule is CON(C)C(CN)C(F)(F)F. The molecule has 0 rings (SSSR count). The molecule has 0 bridgehead atoms. The number of alkyl halides is 3. The topological polar surface area (TPSA) is 38.5 Å². The first-order valence-corrected chi connectivity index (χ1v) is 2.97. The highest BCUT2D eigenvalue weighted by molar-refractivity contribution is 4.72. The first kappa shape index (κ1) is 10.7. The molecule has 0 aliphatic rings. The highest BCUT2D eigenvalue weighted by atomic mass is 19.4. The quantitative estimate of drug-likeness (QED) is 0.625. The highest BCUT2D eigenvalue weighted by Crippen LogP contribution is 2.22. The molecule has 0 radical (unpaired) electrons. The Bertz CT molecular complexity index is 117. The fourth-order valence-electron chi connectivity index (χ4n) is 0.615. The molecule has 0 aliphatic carbocycles. The zero-order valence-corrected chi connectivity index (χ0v) is 6.35. The van der Waals surface area contributed by atoms with Crippen LogP contribution in [0.2, 0.25) is 0 Å². The van der Waals surface area contributed by atoms with Crippen molar-refractivity contribution in [3.8, 4) is 0 Å². The van der Waals surface area contributed by atoms with Crippen LogP contribution in [-0.2, 0) is 4.84 Å². The summed E-state index contributed by atoms with van der Waals surface area (Å²) in [5, 5.41) is 0.681. The van der Waals surface area contributed by atoms with Crippen LogP contribution in [0.1, 0.15) is 0 Å². The van der Waals surface area contributed by atoms with E-state index in [0.717, 1.165) is 7.11 Å². The van der Waals surface area contributed by atoms with Crippen molar-refractivity contribution in [3.63, 3.8) is 0 Å². The predicted octanol–water partition coefficient (Wildman–Crippen LogP) is 0.369. The number of hydrogen-bond acceptors (Lipinski definition) is 3. The minimum Gasteiger partial charge on any atom is -0.328 e. The molecule has 0 aromatic rings. The van der Waals surface area contributed by atoms with Crippen molar-refractivity contribution in [2.24, 2.45) is 5.73 Å². The molecule has 0 fully saturated rings. The van der Waals surface area contributed by atoms with Crippen molar-refractivity contribution in [2.45, 2.75) is 12.2 Å². The van der Waals surface area contributed by atoms with Gasteiger partial charge in [-0.05, 0) is 0 Å². The normalized spacial score (nSPS) is 15.5. The van der Waals surface area contributed by atoms with Crippen LogP contribution in [0.25, 0.3) is 0 Å². The van der Waals surface area contributed by atoms with E-state index in [1.165, 1.54) is 7.05 Å². The summed E-state index contributed by atoms with van der Waals surface area (Å²) in [4.78, 5) is 4.36. The van der Waals surface area contributed by atoms with Gasteiger partial charge >= 0.3 is 6.18 Å². The van der Waals surface area contributed by atoms with Crippen LogP contribution in [0, 0.1) is 0 Å². The summed E-state index contributed by atoms with van der Waals surface area (Å²) in [6, 6.07) is -1.73. The molecule has 0 saturated heterocycles. The number of rotatable bonds is 3. The van der Waals surface area contributed by atoms with Crippen molar-refractivity contribution in [3.05, 3.63) is 0 Å². The lowest BCUT2D eigenvalue weighted by Gasteiger charge is -2.26. The van der Waals surface area contributed by atoms with Gasteiger partial charge < -0.3 is 10.6 Å². The van der Waals surface area contributed by atoms with Gasteiger partial charge in [-0.25, -0.2) is 0 Å². The second-order valence-electron chi connectivity index (χ2n) is 2.02. The van der Waals surface area contributed by atoms with E-state index in [4.69, 9.17) is 5.73 Å². The molecule has 1 atom stereocenters. The fourth-order valence-corrected chi connectivity index (χ4v) is 0.615. The van der Waals surface area contributed by atoms with E-state index in [0.29, 0.717) is 5.06 Å². The van der Waals surface area contributed by atoms with Gasteiger partial charge in [0.1, 0.15) is 6.04 Å². The molecule has 0 amide bonds. The van der Waals surface area contributed by atoms with Gasteiger partial charge in [-0.15, -0.1) is 0 Å². The van der Waals surface area contributed by atoms with Gasteiger partial charge in [0, 0.05) is 13.6 Å². The average molecular weight is 172 g/mol. The molecule has 6 heteroatoms. The molecule has 0 aromatic carbocycles. The smallest absolute Gasteiger partial charge is 0.328 e. The Morgan fingerprint density at radius 2 is 2.00 bits per heavy atom. The second-order valence-corrected chi connectivity index (χ2v) is 2.02. The summed E-state index contributed by atoms with van der Waals surface area (Å²) < 4.78 is 35.9. The molecule has 0 heterocycles. The maximum Gasteiger partial charge on any atom is 0.407 e. The number of nitrogens with zero attached hydrogens (tertiary/aromatic N) is 1. The molecule has 11 heavy (non-hydrogen) atoms. The van der Waals surface area contributed by atoms with E-state index in [1.54, 1.807) is 0 Å². The van der Waals surface area contributed by atoms with E-state index in [9.17, 15) is 13.2 Å². The maximum atomic E-state index is 12.0. The molecule has 0 aromatic heterocycles. The molecule has 0 aliphatic heterocycles. The summed E-state index contributed by atoms with van der Waals surface area (Å²) in [5.74, 6) is 0. The Kier molecular flexibility index (Phi) is 3.77. The van der Waals surface area contributed by atoms with E-state index >= 15 is 0 Å². The lowest BCUT2D eigenvalue weighted by molar-refractivity contribution is -0.250. The number of likely N-dealkylation sites (N-methyl/N-ethyl adjacent to an activating group) is 1. The Morgan fingerprint density at radius 3 is 2.09 bits per heavy atom. The Hall–Kier alpha value is -0.330. The summed E-state index contributed by atoms with van der Waals surface area (Å²) in [6.45, 7) is -0.506. The first-order chi connectivity index (χ1) is 4.93. The average Bonchev–Trinajstić information content (AvgIpc) is 1.86. The standard InChI is InChI=1S/C5H11F3N2O/c1-10(11-2)4(3-9)5(6,7)8/h4H,3,9H2,1-2H3. The third-order valence-corrected chi connectivity index (χ3v) is 1.33. The van der Waals surface area contributed by atoms with Gasteiger partial charge in [-0.2, -0.15) is 18.2 Å². The maximum absolute atomic E-state index is 12.0. The summed E-state index contributed by atoms with van der Waals surface area (Å²) in [5.41, 5.74) is 4.89. The van der Waals surface area contributed by atoms with Crippen LogP contribution >= 0.6 is 0 Å². The van der Waals surface area contributed by atoms with Crippen molar-refractivity contribution in [2.75, 3.05) is 20.7 Å². The Morgan fingerprint density at radius 1 is 1.55 bits per heavy atom. The van der Waals surface area contributed by atoms with E-state index in [2.05, 4.69) is 4.84 Å². The van der Waals surface area contributed by atoms with E-state index < -0.39 is 18.8 Å². The van der Waals surface area contributed by atoms with Gasteiger partial charge in [0.05, 0.1) is 7.11 Å². The second kappa shape index (κ2) is 3.89. The largest absolute Gasteiger partial charge is 0.407 e. The molecule has 2 N–H and O–H groups in total. The van der Waals surface area contributed by atoms with Crippen LogP contribution in [0.15, 0.2) is 0 Å². The van der Waals surface area contributed by atoms with E-state index in [1.807, 2.05) is 0 Å². The molecule has 0 spiro atoms. The van der Waals surface area contributed by atoms with Crippen molar-refractivity contribution in [1.29, 1.82) is 0 Å². The molecule has 1 unspecified atom stereocenters. The van der Waals surface area contributed by atoms with Crippen LogP contribution in [0.3, 0.4) is 0 Å². The zero-order valence-electron chi connectivity index (χ0n) is 6.35. The lowest BCUT2D eigenvalue weighted by Crippen LogP contribution is -2.47. The first-order valence-electron chi connectivity index (χ1n) is 2.97. The van der Waals surface area contributed by atoms with Gasteiger partial charge in [-0.1, -0.05) is 0 Å². The predicted molar refractivity (Wildman–Crippen MR) is 33.7 cm³/mol. The lowest BCUT2D eigenvalue weighted by atomic mass is 10.3.